The highest BCUT2D eigenvalue weighted by atomic mass is 19.1. The molecule has 2 aliphatic heterocycles. The van der Waals surface area contributed by atoms with Gasteiger partial charge >= 0.3 is 0 Å². The standard InChI is InChI=1S/C25H22FN3O4/c1-14-6-7-16(19(26)10-14)11-27-24(32)18-13-28-17-9-8-15-4-2-3-5-20(15)29(12-17)25(33)21(28)23(31)22(18)30/h2-7,10,13,17,31H,8-9,11-12H2,1H3,(H,27,32). The summed E-state index contributed by atoms with van der Waals surface area (Å²) in [5, 5.41) is 13.2. The lowest BCUT2D eigenvalue weighted by Gasteiger charge is -2.35. The molecule has 2 bridgehead atoms. The number of pyridine rings is 1. The maximum atomic E-state index is 14.1. The van der Waals surface area contributed by atoms with E-state index in [2.05, 4.69) is 5.32 Å². The van der Waals surface area contributed by atoms with Crippen LogP contribution in [0.25, 0.3) is 0 Å². The van der Waals surface area contributed by atoms with Crippen molar-refractivity contribution in [3.8, 4) is 5.75 Å². The highest BCUT2D eigenvalue weighted by Gasteiger charge is 2.38. The lowest BCUT2D eigenvalue weighted by Crippen LogP contribution is -2.44. The summed E-state index contributed by atoms with van der Waals surface area (Å²) in [6.45, 7) is 2.02. The van der Waals surface area contributed by atoms with Gasteiger partial charge in [-0.15, -0.1) is 0 Å². The van der Waals surface area contributed by atoms with Crippen LogP contribution in [0.2, 0.25) is 0 Å². The number of benzene rings is 2. The van der Waals surface area contributed by atoms with Gasteiger partial charge < -0.3 is 19.9 Å². The number of hydrogen-bond donors (Lipinski definition) is 2. The van der Waals surface area contributed by atoms with Gasteiger partial charge in [0.25, 0.3) is 11.8 Å². The number of hydrogen-bond acceptors (Lipinski definition) is 4. The van der Waals surface area contributed by atoms with E-state index in [0.717, 1.165) is 16.8 Å². The Bertz CT molecular complexity index is 1360. The topological polar surface area (TPSA) is 91.6 Å². The van der Waals surface area contributed by atoms with Crippen molar-refractivity contribution in [2.24, 2.45) is 0 Å². The van der Waals surface area contributed by atoms with Crippen LogP contribution >= 0.6 is 0 Å². The summed E-state index contributed by atoms with van der Waals surface area (Å²) in [6.07, 6.45) is 2.73. The van der Waals surface area contributed by atoms with Crippen molar-refractivity contribution in [1.29, 1.82) is 0 Å². The molecule has 0 fully saturated rings. The first-order chi connectivity index (χ1) is 15.8. The van der Waals surface area contributed by atoms with E-state index in [1.165, 1.54) is 12.3 Å². The summed E-state index contributed by atoms with van der Waals surface area (Å²) >= 11 is 0. The third-order valence-corrected chi connectivity index (χ3v) is 6.37. The molecule has 3 aromatic rings. The third-order valence-electron chi connectivity index (χ3n) is 6.37. The van der Waals surface area contributed by atoms with Gasteiger partial charge in [-0.3, -0.25) is 14.4 Å². The monoisotopic (exact) mass is 447 g/mol. The SMILES string of the molecule is Cc1ccc(CNC(=O)c2cn3c(c(O)c2=O)C(=O)N2CC3CCc3ccccc32)c(F)c1. The number of amides is 2. The average Bonchev–Trinajstić information content (AvgIpc) is 2.97. The number of para-hydroxylation sites is 1. The van der Waals surface area contributed by atoms with Crippen molar-refractivity contribution >= 4 is 17.5 Å². The second-order valence-electron chi connectivity index (χ2n) is 8.49. The van der Waals surface area contributed by atoms with Gasteiger partial charge in [0.1, 0.15) is 11.4 Å². The van der Waals surface area contributed by atoms with Crippen LogP contribution in [-0.2, 0) is 13.0 Å². The number of halogens is 1. The molecule has 0 saturated carbocycles. The van der Waals surface area contributed by atoms with E-state index in [0.29, 0.717) is 19.4 Å². The van der Waals surface area contributed by atoms with Crippen LogP contribution in [0.1, 0.15) is 50.0 Å². The molecule has 1 unspecified atom stereocenters. The zero-order valence-electron chi connectivity index (χ0n) is 18.0. The molecule has 2 N–H and O–H groups in total. The van der Waals surface area contributed by atoms with E-state index in [9.17, 15) is 23.9 Å². The zero-order valence-corrected chi connectivity index (χ0v) is 18.0. The molecule has 33 heavy (non-hydrogen) atoms. The normalized spacial score (nSPS) is 16.6. The lowest BCUT2D eigenvalue weighted by atomic mass is 10.0. The molecular formula is C25H22FN3O4. The van der Waals surface area contributed by atoms with Crippen LogP contribution in [0, 0.1) is 12.7 Å². The predicted octanol–water partition coefficient (Wildman–Crippen LogP) is 3.08. The number of aromatic nitrogens is 1. The molecule has 7 nitrogen and oxygen atoms in total. The number of aryl methyl sites for hydroxylation is 2. The molecule has 2 aliphatic rings. The van der Waals surface area contributed by atoms with Gasteiger partial charge in [-0.1, -0.05) is 30.3 Å². The molecule has 8 heteroatoms. The van der Waals surface area contributed by atoms with Gasteiger partial charge in [0.15, 0.2) is 11.4 Å². The number of nitrogens with one attached hydrogen (secondary N) is 1. The average molecular weight is 447 g/mol. The van der Waals surface area contributed by atoms with Crippen LogP contribution in [0.3, 0.4) is 0 Å². The van der Waals surface area contributed by atoms with E-state index < -0.39 is 28.8 Å². The van der Waals surface area contributed by atoms with Crippen molar-refractivity contribution in [2.45, 2.75) is 32.4 Å². The first-order valence-electron chi connectivity index (χ1n) is 10.8. The molecule has 0 aliphatic carbocycles. The number of carbonyl (C=O) groups is 2. The van der Waals surface area contributed by atoms with Gasteiger partial charge in [-0.05, 0) is 43.0 Å². The number of carbonyl (C=O) groups excluding carboxylic acids is 2. The molecule has 5 rings (SSSR count). The van der Waals surface area contributed by atoms with Gasteiger partial charge in [-0.25, -0.2) is 4.39 Å². The van der Waals surface area contributed by atoms with Gasteiger partial charge in [0, 0.05) is 30.5 Å². The highest BCUT2D eigenvalue weighted by molar-refractivity contribution is 6.08. The predicted molar refractivity (Wildman–Crippen MR) is 120 cm³/mol. The minimum atomic E-state index is -0.926. The molecule has 2 amide bonds. The summed E-state index contributed by atoms with van der Waals surface area (Å²) in [5.41, 5.74) is 1.49. The largest absolute Gasteiger partial charge is 0.503 e. The van der Waals surface area contributed by atoms with Crippen LogP contribution < -0.4 is 15.6 Å². The highest BCUT2D eigenvalue weighted by Crippen LogP contribution is 2.37. The molecule has 1 aromatic heterocycles. The lowest BCUT2D eigenvalue weighted by molar-refractivity contribution is 0.0929. The fraction of sp³-hybridized carbons (Fsp3) is 0.240. The number of fused-ring (bicyclic) bond motifs is 6. The Morgan fingerprint density at radius 1 is 1.21 bits per heavy atom. The van der Waals surface area contributed by atoms with Gasteiger partial charge in [-0.2, -0.15) is 0 Å². The Balaban J connectivity index is 1.49. The van der Waals surface area contributed by atoms with Gasteiger partial charge in [0.05, 0.1) is 6.04 Å². The number of aromatic hydroxyl groups is 1. The Kier molecular flexibility index (Phi) is 5.00. The zero-order chi connectivity index (χ0) is 23.3. The van der Waals surface area contributed by atoms with E-state index in [4.69, 9.17) is 0 Å². The Hall–Kier alpha value is -3.94. The molecule has 2 aromatic carbocycles. The Labute approximate surface area is 189 Å². The number of nitrogens with zero attached hydrogens (tertiary/aromatic N) is 2. The molecular weight excluding hydrogens is 425 g/mol. The fourth-order valence-corrected chi connectivity index (χ4v) is 4.60. The fourth-order valence-electron chi connectivity index (χ4n) is 4.60. The third kappa shape index (κ3) is 3.47. The number of rotatable bonds is 3. The smallest absolute Gasteiger partial charge is 0.279 e. The van der Waals surface area contributed by atoms with Crippen molar-refractivity contribution in [3.05, 3.63) is 92.6 Å². The van der Waals surface area contributed by atoms with Crippen molar-refractivity contribution < 1.29 is 19.1 Å². The summed E-state index contributed by atoms with van der Waals surface area (Å²) in [5.74, 6) is -2.42. The summed E-state index contributed by atoms with van der Waals surface area (Å²) in [4.78, 5) is 40.5. The minimum Gasteiger partial charge on any atom is -0.503 e. The Morgan fingerprint density at radius 2 is 2.00 bits per heavy atom. The molecule has 3 heterocycles. The summed E-state index contributed by atoms with van der Waals surface area (Å²) in [7, 11) is 0. The van der Waals surface area contributed by atoms with E-state index in [-0.39, 0.29) is 29.4 Å². The summed E-state index contributed by atoms with van der Waals surface area (Å²) < 4.78 is 15.7. The van der Waals surface area contributed by atoms with E-state index in [1.54, 1.807) is 28.5 Å². The van der Waals surface area contributed by atoms with Crippen LogP contribution in [-0.4, -0.2) is 28.0 Å². The molecule has 0 radical (unpaired) electrons. The van der Waals surface area contributed by atoms with Gasteiger partial charge in [0.2, 0.25) is 5.43 Å². The van der Waals surface area contributed by atoms with Crippen molar-refractivity contribution in [3.63, 3.8) is 0 Å². The molecule has 0 spiro atoms. The maximum absolute atomic E-state index is 14.1. The molecule has 0 saturated heterocycles. The van der Waals surface area contributed by atoms with E-state index >= 15 is 0 Å². The number of anilines is 1. The quantitative estimate of drug-likeness (QED) is 0.646. The molecule has 1 atom stereocenters. The Morgan fingerprint density at radius 3 is 2.79 bits per heavy atom. The minimum absolute atomic E-state index is 0.113. The molecule has 168 valence electrons. The first-order valence-corrected chi connectivity index (χ1v) is 10.8. The maximum Gasteiger partial charge on any atom is 0.279 e. The van der Waals surface area contributed by atoms with Crippen molar-refractivity contribution in [1.82, 2.24) is 9.88 Å². The first kappa shape index (κ1) is 20.9. The van der Waals surface area contributed by atoms with E-state index in [1.807, 2.05) is 24.3 Å². The second-order valence-corrected chi connectivity index (χ2v) is 8.49. The second kappa shape index (κ2) is 7.88. The summed E-state index contributed by atoms with van der Waals surface area (Å²) in [6, 6.07) is 12.0. The van der Waals surface area contributed by atoms with Crippen LogP contribution in [0.5, 0.6) is 5.75 Å². The van der Waals surface area contributed by atoms with Crippen LogP contribution in [0.15, 0.2) is 53.5 Å². The van der Waals surface area contributed by atoms with Crippen LogP contribution in [0.4, 0.5) is 10.1 Å². The van der Waals surface area contributed by atoms with Crippen molar-refractivity contribution in [2.75, 3.05) is 11.4 Å².